The molecule has 0 spiro atoms. The summed E-state index contributed by atoms with van der Waals surface area (Å²) in [6.07, 6.45) is 0.842. The molecule has 0 unspecified atom stereocenters. The van der Waals surface area contributed by atoms with E-state index in [2.05, 4.69) is 11.1 Å². The van der Waals surface area contributed by atoms with Crippen molar-refractivity contribution in [1.82, 2.24) is 4.98 Å². The van der Waals surface area contributed by atoms with E-state index in [0.717, 1.165) is 10.5 Å². The van der Waals surface area contributed by atoms with Gasteiger partial charge in [-0.05, 0) is 48.9 Å². The third kappa shape index (κ3) is 4.89. The van der Waals surface area contributed by atoms with Gasteiger partial charge in [0.1, 0.15) is 6.61 Å². The van der Waals surface area contributed by atoms with Gasteiger partial charge in [-0.25, -0.2) is 4.79 Å². The van der Waals surface area contributed by atoms with E-state index in [0.29, 0.717) is 34.4 Å². The number of aromatic nitrogens is 1. The Balaban J connectivity index is 1.91. The highest BCUT2D eigenvalue weighted by Crippen LogP contribution is 2.27. The van der Waals surface area contributed by atoms with Crippen LogP contribution in [0, 0.1) is 29.6 Å². The van der Waals surface area contributed by atoms with Crippen molar-refractivity contribution >= 4 is 18.1 Å². The summed E-state index contributed by atoms with van der Waals surface area (Å²) < 4.78 is 5.86. The van der Waals surface area contributed by atoms with Crippen LogP contribution in [-0.2, 0) is 13.2 Å². The van der Waals surface area contributed by atoms with Crippen molar-refractivity contribution < 1.29 is 19.4 Å². The van der Waals surface area contributed by atoms with E-state index in [1.54, 1.807) is 31.2 Å². The molecule has 3 rings (SSSR count). The van der Waals surface area contributed by atoms with Gasteiger partial charge in [0.25, 0.3) is 0 Å². The SMILES string of the molecule is Cc1ncc(CN(C(=O)O)c2ccc(C#N)cc2)c(C=O)c1OCc1cccc(C#N)c1. The van der Waals surface area contributed by atoms with E-state index in [4.69, 9.17) is 15.3 Å². The number of nitriles is 2. The molecule has 1 amide bonds. The first-order valence-electron chi connectivity index (χ1n) is 9.53. The molecule has 0 aliphatic rings. The lowest BCUT2D eigenvalue weighted by Crippen LogP contribution is -2.29. The molecular formula is C24H18N4O4. The summed E-state index contributed by atoms with van der Waals surface area (Å²) in [5, 5.41) is 27.7. The van der Waals surface area contributed by atoms with Crippen molar-refractivity contribution in [3.63, 3.8) is 0 Å². The fourth-order valence-electron chi connectivity index (χ4n) is 3.12. The number of anilines is 1. The van der Waals surface area contributed by atoms with E-state index < -0.39 is 6.09 Å². The average molecular weight is 426 g/mol. The summed E-state index contributed by atoms with van der Waals surface area (Å²) in [6, 6.07) is 17.0. The van der Waals surface area contributed by atoms with Crippen LogP contribution in [0.15, 0.2) is 54.7 Å². The van der Waals surface area contributed by atoms with Crippen LogP contribution in [0.4, 0.5) is 10.5 Å². The van der Waals surface area contributed by atoms with Gasteiger partial charge in [0.05, 0.1) is 41.1 Å². The van der Waals surface area contributed by atoms with Gasteiger partial charge in [-0.1, -0.05) is 12.1 Å². The first-order valence-corrected chi connectivity index (χ1v) is 9.53. The highest BCUT2D eigenvalue weighted by Gasteiger charge is 2.20. The van der Waals surface area contributed by atoms with Gasteiger partial charge in [-0.15, -0.1) is 0 Å². The van der Waals surface area contributed by atoms with E-state index >= 15 is 0 Å². The third-order valence-electron chi connectivity index (χ3n) is 4.76. The monoisotopic (exact) mass is 426 g/mol. The van der Waals surface area contributed by atoms with E-state index in [1.165, 1.54) is 30.5 Å². The number of rotatable bonds is 7. The lowest BCUT2D eigenvalue weighted by atomic mass is 10.1. The minimum Gasteiger partial charge on any atom is -0.486 e. The van der Waals surface area contributed by atoms with Gasteiger partial charge >= 0.3 is 6.09 Å². The topological polar surface area (TPSA) is 127 Å². The van der Waals surface area contributed by atoms with Crippen LogP contribution in [0.1, 0.15) is 38.3 Å². The van der Waals surface area contributed by atoms with Crippen LogP contribution >= 0.6 is 0 Å². The van der Waals surface area contributed by atoms with Gasteiger partial charge in [-0.2, -0.15) is 10.5 Å². The predicted octanol–water partition coefficient (Wildman–Crippen LogP) is 4.21. The standard InChI is InChI=1S/C24H18N4O4/c1-16-23(32-15-19-4-2-3-18(9-19)11-26)22(14-29)20(12-27-16)13-28(24(30)31)21-7-5-17(10-25)6-8-21/h2-9,12,14H,13,15H2,1H3,(H,30,31). The van der Waals surface area contributed by atoms with E-state index in [9.17, 15) is 14.7 Å². The second kappa shape index (κ2) is 9.88. The summed E-state index contributed by atoms with van der Waals surface area (Å²) in [4.78, 5) is 29.1. The lowest BCUT2D eigenvalue weighted by molar-refractivity contribution is 0.111. The normalized spacial score (nSPS) is 9.97. The number of ether oxygens (including phenoxy) is 1. The maximum Gasteiger partial charge on any atom is 0.412 e. The molecular weight excluding hydrogens is 408 g/mol. The van der Waals surface area contributed by atoms with E-state index in [-0.39, 0.29) is 24.5 Å². The van der Waals surface area contributed by atoms with Crippen molar-refractivity contribution in [2.45, 2.75) is 20.1 Å². The molecule has 1 N–H and O–H groups in total. The van der Waals surface area contributed by atoms with Crippen molar-refractivity contribution in [1.29, 1.82) is 10.5 Å². The smallest absolute Gasteiger partial charge is 0.412 e. The molecule has 0 bridgehead atoms. The van der Waals surface area contributed by atoms with Crippen LogP contribution in [0.3, 0.4) is 0 Å². The van der Waals surface area contributed by atoms with Gasteiger partial charge in [-0.3, -0.25) is 14.7 Å². The molecule has 2 aromatic carbocycles. The van der Waals surface area contributed by atoms with Crippen molar-refractivity contribution in [2.75, 3.05) is 4.90 Å². The van der Waals surface area contributed by atoms with Crippen LogP contribution in [0.5, 0.6) is 5.75 Å². The molecule has 158 valence electrons. The lowest BCUT2D eigenvalue weighted by Gasteiger charge is -2.21. The Labute approximate surface area is 184 Å². The summed E-state index contributed by atoms with van der Waals surface area (Å²) in [6.45, 7) is 1.66. The zero-order valence-electron chi connectivity index (χ0n) is 17.1. The summed E-state index contributed by atoms with van der Waals surface area (Å²) in [7, 11) is 0. The Kier molecular flexibility index (Phi) is 6.79. The van der Waals surface area contributed by atoms with Crippen LogP contribution < -0.4 is 9.64 Å². The zero-order valence-corrected chi connectivity index (χ0v) is 17.1. The predicted molar refractivity (Wildman–Crippen MR) is 115 cm³/mol. The Hall–Kier alpha value is -4.69. The molecule has 32 heavy (non-hydrogen) atoms. The quantitative estimate of drug-likeness (QED) is 0.561. The number of aryl methyl sites for hydroxylation is 1. The number of aldehydes is 1. The molecule has 0 aliphatic carbocycles. The summed E-state index contributed by atoms with van der Waals surface area (Å²) in [5.74, 6) is 0.255. The first kappa shape index (κ1) is 22.0. The maximum absolute atomic E-state index is 11.9. The molecule has 0 radical (unpaired) electrons. The molecule has 8 heteroatoms. The molecule has 0 saturated heterocycles. The first-order chi connectivity index (χ1) is 15.5. The Morgan fingerprint density at radius 2 is 1.88 bits per heavy atom. The van der Waals surface area contributed by atoms with Crippen molar-refractivity contribution in [3.8, 4) is 17.9 Å². The van der Waals surface area contributed by atoms with Gasteiger partial charge < -0.3 is 9.84 Å². The highest BCUT2D eigenvalue weighted by atomic mass is 16.5. The van der Waals surface area contributed by atoms with Crippen molar-refractivity contribution in [3.05, 3.63) is 88.2 Å². The molecule has 1 aromatic heterocycles. The minimum atomic E-state index is -1.22. The fraction of sp³-hybridized carbons (Fsp3) is 0.125. The molecule has 0 aliphatic heterocycles. The van der Waals surface area contributed by atoms with Gasteiger partial charge in [0.2, 0.25) is 0 Å². The van der Waals surface area contributed by atoms with Crippen LogP contribution in [0.2, 0.25) is 0 Å². The van der Waals surface area contributed by atoms with Crippen molar-refractivity contribution in [2.24, 2.45) is 0 Å². The Morgan fingerprint density at radius 1 is 1.16 bits per heavy atom. The number of carboxylic acid groups (broad SMARTS) is 1. The maximum atomic E-state index is 11.9. The third-order valence-corrected chi connectivity index (χ3v) is 4.76. The number of benzene rings is 2. The van der Waals surface area contributed by atoms with E-state index in [1.807, 2.05) is 6.07 Å². The van der Waals surface area contributed by atoms with Gasteiger partial charge in [0.15, 0.2) is 12.0 Å². The number of pyridine rings is 1. The molecule has 0 atom stereocenters. The number of carbonyl (C=O) groups is 2. The second-order valence-corrected chi connectivity index (χ2v) is 6.86. The number of amides is 1. The molecule has 8 nitrogen and oxygen atoms in total. The molecule has 3 aromatic rings. The fourth-order valence-corrected chi connectivity index (χ4v) is 3.12. The van der Waals surface area contributed by atoms with Crippen LogP contribution in [0.25, 0.3) is 0 Å². The molecule has 1 heterocycles. The average Bonchev–Trinajstić information content (AvgIpc) is 2.82. The summed E-state index contributed by atoms with van der Waals surface area (Å²) >= 11 is 0. The second-order valence-electron chi connectivity index (χ2n) is 6.86. The molecule has 0 fully saturated rings. The number of carbonyl (C=O) groups excluding carboxylic acids is 1. The Morgan fingerprint density at radius 3 is 2.50 bits per heavy atom. The van der Waals surface area contributed by atoms with Crippen LogP contribution in [-0.4, -0.2) is 22.5 Å². The highest BCUT2D eigenvalue weighted by molar-refractivity contribution is 5.88. The largest absolute Gasteiger partial charge is 0.486 e. The zero-order chi connectivity index (χ0) is 23.1. The number of hydrogen-bond acceptors (Lipinski definition) is 6. The Bertz CT molecular complexity index is 1240. The van der Waals surface area contributed by atoms with Gasteiger partial charge in [0, 0.05) is 17.4 Å². The molecule has 0 saturated carbocycles. The number of hydrogen-bond donors (Lipinski definition) is 1. The summed E-state index contributed by atoms with van der Waals surface area (Å²) in [5.41, 5.74) is 3.05. The minimum absolute atomic E-state index is 0.112. The number of nitrogens with zero attached hydrogens (tertiary/aromatic N) is 4.